The molecule has 0 bridgehead atoms. The molecule has 2 heterocycles. The Morgan fingerprint density at radius 3 is 2.59 bits per heavy atom. The lowest BCUT2D eigenvalue weighted by Crippen LogP contribution is -1.83. The van der Waals surface area contributed by atoms with Gasteiger partial charge in [0, 0.05) is 22.2 Å². The molecule has 0 amide bonds. The maximum Gasteiger partial charge on any atom is 0.0984 e. The molecule has 0 fully saturated rings. The molecule has 0 aliphatic rings. The van der Waals surface area contributed by atoms with Crippen molar-refractivity contribution in [2.75, 3.05) is 0 Å². The number of nitrogens with zero attached hydrogens (tertiary/aromatic N) is 1. The van der Waals surface area contributed by atoms with Gasteiger partial charge in [-0.15, -0.1) is 22.7 Å². The fraction of sp³-hybridized carbons (Fsp3) is 0.0714. The first kappa shape index (κ1) is 10.7. The van der Waals surface area contributed by atoms with E-state index >= 15 is 0 Å². The molecule has 1 aromatic carbocycles. The summed E-state index contributed by atoms with van der Waals surface area (Å²) in [7, 11) is 0. The summed E-state index contributed by atoms with van der Waals surface area (Å²) in [5.41, 5.74) is 2.28. The average Bonchev–Trinajstić information content (AvgIpc) is 3.02. The fourth-order valence-corrected chi connectivity index (χ4v) is 3.32. The number of aromatic nitrogens is 1. The molecular weight excluding hydrogens is 246 g/mol. The SMILES string of the molecule is c1ccc(-c2csc(Cc3cccs3)n2)cc1. The summed E-state index contributed by atoms with van der Waals surface area (Å²) in [6.45, 7) is 0. The Morgan fingerprint density at radius 2 is 1.82 bits per heavy atom. The third-order valence-electron chi connectivity index (χ3n) is 2.53. The largest absolute Gasteiger partial charge is 0.241 e. The molecule has 0 saturated carbocycles. The van der Waals surface area contributed by atoms with Gasteiger partial charge in [-0.1, -0.05) is 36.4 Å². The van der Waals surface area contributed by atoms with E-state index in [0.717, 1.165) is 12.1 Å². The normalized spacial score (nSPS) is 10.6. The first-order chi connectivity index (χ1) is 8.42. The van der Waals surface area contributed by atoms with Gasteiger partial charge in [0.1, 0.15) is 0 Å². The second-order valence-corrected chi connectivity index (χ2v) is 5.72. The van der Waals surface area contributed by atoms with Gasteiger partial charge < -0.3 is 0 Å². The average molecular weight is 257 g/mol. The molecule has 1 nitrogen and oxygen atoms in total. The van der Waals surface area contributed by atoms with E-state index in [1.54, 1.807) is 22.7 Å². The lowest BCUT2D eigenvalue weighted by molar-refractivity contribution is 1.17. The topological polar surface area (TPSA) is 12.9 Å². The predicted octanol–water partition coefficient (Wildman–Crippen LogP) is 4.46. The van der Waals surface area contributed by atoms with Gasteiger partial charge in [-0.2, -0.15) is 0 Å². The summed E-state index contributed by atoms with van der Waals surface area (Å²) >= 11 is 3.53. The van der Waals surface area contributed by atoms with Crippen LogP contribution in [0.4, 0.5) is 0 Å². The first-order valence-electron chi connectivity index (χ1n) is 5.44. The smallest absolute Gasteiger partial charge is 0.0984 e. The zero-order valence-electron chi connectivity index (χ0n) is 9.17. The van der Waals surface area contributed by atoms with Gasteiger partial charge in [0.2, 0.25) is 0 Å². The van der Waals surface area contributed by atoms with Crippen molar-refractivity contribution in [2.24, 2.45) is 0 Å². The van der Waals surface area contributed by atoms with Crippen LogP contribution in [0.15, 0.2) is 53.2 Å². The fourth-order valence-electron chi connectivity index (χ4n) is 1.70. The molecule has 0 N–H and O–H groups in total. The Balaban J connectivity index is 1.84. The Bertz CT molecular complexity index is 582. The van der Waals surface area contributed by atoms with E-state index in [9.17, 15) is 0 Å². The van der Waals surface area contributed by atoms with Crippen LogP contribution in [-0.4, -0.2) is 4.98 Å². The highest BCUT2D eigenvalue weighted by molar-refractivity contribution is 7.11. The van der Waals surface area contributed by atoms with Crippen molar-refractivity contribution in [3.05, 3.63) is 63.1 Å². The molecule has 0 spiro atoms. The van der Waals surface area contributed by atoms with Crippen molar-refractivity contribution in [3.8, 4) is 11.3 Å². The number of thiazole rings is 1. The number of hydrogen-bond acceptors (Lipinski definition) is 3. The monoisotopic (exact) mass is 257 g/mol. The van der Waals surface area contributed by atoms with E-state index < -0.39 is 0 Å². The minimum atomic E-state index is 0.954. The zero-order valence-corrected chi connectivity index (χ0v) is 10.8. The van der Waals surface area contributed by atoms with Crippen molar-refractivity contribution in [2.45, 2.75) is 6.42 Å². The van der Waals surface area contributed by atoms with E-state index in [1.165, 1.54) is 15.4 Å². The molecule has 0 aliphatic heterocycles. The Hall–Kier alpha value is -1.45. The van der Waals surface area contributed by atoms with Gasteiger partial charge in [0.25, 0.3) is 0 Å². The number of hydrogen-bond donors (Lipinski definition) is 0. The molecule has 3 aromatic rings. The van der Waals surface area contributed by atoms with E-state index in [2.05, 4.69) is 40.0 Å². The van der Waals surface area contributed by atoms with Gasteiger partial charge in [0.15, 0.2) is 0 Å². The molecule has 0 saturated heterocycles. The van der Waals surface area contributed by atoms with Crippen molar-refractivity contribution in [3.63, 3.8) is 0 Å². The van der Waals surface area contributed by atoms with Crippen molar-refractivity contribution in [1.82, 2.24) is 4.98 Å². The second-order valence-electron chi connectivity index (χ2n) is 3.75. The summed E-state index contributed by atoms with van der Waals surface area (Å²) < 4.78 is 0. The van der Waals surface area contributed by atoms with E-state index in [4.69, 9.17) is 0 Å². The maximum atomic E-state index is 4.68. The lowest BCUT2D eigenvalue weighted by Gasteiger charge is -1.94. The summed E-state index contributed by atoms with van der Waals surface area (Å²) in [5, 5.41) is 5.44. The summed E-state index contributed by atoms with van der Waals surface area (Å²) in [5.74, 6) is 0. The zero-order chi connectivity index (χ0) is 11.5. The molecule has 2 aromatic heterocycles. The summed E-state index contributed by atoms with van der Waals surface area (Å²) in [6, 6.07) is 14.6. The third-order valence-corrected chi connectivity index (χ3v) is 4.25. The molecule has 0 aliphatic carbocycles. The van der Waals surface area contributed by atoms with Gasteiger partial charge in [-0.25, -0.2) is 4.98 Å². The van der Waals surface area contributed by atoms with Crippen LogP contribution in [-0.2, 0) is 6.42 Å². The molecule has 0 unspecified atom stereocenters. The van der Waals surface area contributed by atoms with E-state index in [0.29, 0.717) is 0 Å². The highest BCUT2D eigenvalue weighted by Gasteiger charge is 2.05. The standard InChI is InChI=1S/C14H11NS2/c1-2-5-11(6-3-1)13-10-17-14(15-13)9-12-7-4-8-16-12/h1-8,10H,9H2. The predicted molar refractivity (Wildman–Crippen MR) is 74.7 cm³/mol. The van der Waals surface area contributed by atoms with Crippen molar-refractivity contribution >= 4 is 22.7 Å². The van der Waals surface area contributed by atoms with Crippen LogP contribution in [0.3, 0.4) is 0 Å². The van der Waals surface area contributed by atoms with Crippen LogP contribution in [0.5, 0.6) is 0 Å². The molecular formula is C14H11NS2. The van der Waals surface area contributed by atoms with Crippen LogP contribution in [0.1, 0.15) is 9.88 Å². The number of thiophene rings is 1. The number of rotatable bonds is 3. The van der Waals surface area contributed by atoms with Gasteiger partial charge in [-0.3, -0.25) is 0 Å². The highest BCUT2D eigenvalue weighted by atomic mass is 32.1. The minimum Gasteiger partial charge on any atom is -0.241 e. The Kier molecular flexibility index (Phi) is 3.03. The van der Waals surface area contributed by atoms with Crippen molar-refractivity contribution < 1.29 is 0 Å². The third kappa shape index (κ3) is 2.46. The molecule has 3 rings (SSSR count). The number of benzene rings is 1. The van der Waals surface area contributed by atoms with Gasteiger partial charge in [-0.05, 0) is 11.4 Å². The molecule has 17 heavy (non-hydrogen) atoms. The van der Waals surface area contributed by atoms with E-state index in [1.807, 2.05) is 18.2 Å². The quantitative estimate of drug-likeness (QED) is 0.675. The van der Waals surface area contributed by atoms with Gasteiger partial charge >= 0.3 is 0 Å². The van der Waals surface area contributed by atoms with E-state index in [-0.39, 0.29) is 0 Å². The highest BCUT2D eigenvalue weighted by Crippen LogP contribution is 2.24. The molecule has 3 heteroatoms. The first-order valence-corrected chi connectivity index (χ1v) is 7.20. The molecule has 0 atom stereocenters. The molecule has 84 valence electrons. The van der Waals surface area contributed by atoms with Crippen LogP contribution in [0.25, 0.3) is 11.3 Å². The lowest BCUT2D eigenvalue weighted by atomic mass is 10.2. The maximum absolute atomic E-state index is 4.68. The molecule has 0 radical (unpaired) electrons. The summed E-state index contributed by atoms with van der Waals surface area (Å²) in [4.78, 5) is 6.05. The summed E-state index contributed by atoms with van der Waals surface area (Å²) in [6.07, 6.45) is 0.954. The van der Waals surface area contributed by atoms with Crippen LogP contribution >= 0.6 is 22.7 Å². The van der Waals surface area contributed by atoms with Crippen LogP contribution in [0, 0.1) is 0 Å². The van der Waals surface area contributed by atoms with Crippen molar-refractivity contribution in [1.29, 1.82) is 0 Å². The Labute approximate surface area is 108 Å². The van der Waals surface area contributed by atoms with Gasteiger partial charge in [0.05, 0.1) is 10.7 Å². The minimum absolute atomic E-state index is 0.954. The van der Waals surface area contributed by atoms with Crippen LogP contribution < -0.4 is 0 Å². The Morgan fingerprint density at radius 1 is 0.941 bits per heavy atom. The van der Waals surface area contributed by atoms with Crippen LogP contribution in [0.2, 0.25) is 0 Å². The second kappa shape index (κ2) is 4.82.